The molecule has 0 bridgehead atoms. The topological polar surface area (TPSA) is 3.24 Å². The summed E-state index contributed by atoms with van der Waals surface area (Å²) in [5, 5.41) is 2.88. The summed E-state index contributed by atoms with van der Waals surface area (Å²) >= 11 is -0.968. The predicted molar refractivity (Wildman–Crippen MR) is 120 cm³/mol. The quantitative estimate of drug-likeness (QED) is 0.459. The van der Waals surface area contributed by atoms with Crippen LogP contribution in [0, 0.1) is 10.8 Å². The maximum atomic E-state index is 2.75. The summed E-state index contributed by atoms with van der Waals surface area (Å²) in [6.07, 6.45) is 6.85. The van der Waals surface area contributed by atoms with Gasteiger partial charge >= 0.3 is 0 Å². The third kappa shape index (κ3) is 8.23. The zero-order valence-corrected chi connectivity index (χ0v) is 21.4. The van der Waals surface area contributed by atoms with Gasteiger partial charge in [0.1, 0.15) is 0 Å². The summed E-state index contributed by atoms with van der Waals surface area (Å²) < 4.78 is 1.94. The van der Waals surface area contributed by atoms with Gasteiger partial charge < -0.3 is 4.90 Å². The largest absolute Gasteiger partial charge is 0.374 e. The Morgan fingerprint density at radius 1 is 0.920 bits per heavy atom. The van der Waals surface area contributed by atoms with Crippen LogP contribution in [0.2, 0.25) is 30.2 Å². The molecule has 2 atom stereocenters. The molecule has 1 saturated heterocycles. The molecular formula is C22H46AlNSi. The van der Waals surface area contributed by atoms with E-state index in [1.54, 1.807) is 0 Å². The number of hydrogen-bond donors (Lipinski definition) is 0. The molecule has 1 aliphatic heterocycles. The molecule has 1 rings (SSSR count). The molecule has 0 amide bonds. The third-order valence-corrected chi connectivity index (χ3v) is 15.7. The maximum absolute atomic E-state index is 2.75. The molecule has 0 saturated carbocycles. The van der Waals surface area contributed by atoms with E-state index in [2.05, 4.69) is 86.1 Å². The molecule has 1 heterocycles. The van der Waals surface area contributed by atoms with Crippen molar-refractivity contribution >= 4 is 22.2 Å². The third-order valence-electron chi connectivity index (χ3n) is 5.57. The van der Waals surface area contributed by atoms with Gasteiger partial charge in [0.2, 0.25) is 0 Å². The summed E-state index contributed by atoms with van der Waals surface area (Å²) in [7, 11) is -1.31. The summed E-state index contributed by atoms with van der Waals surface area (Å²) in [6, 6.07) is 1.43. The van der Waals surface area contributed by atoms with Crippen LogP contribution in [0.5, 0.6) is 0 Å². The monoisotopic (exact) mass is 379 g/mol. The van der Waals surface area contributed by atoms with E-state index in [9.17, 15) is 0 Å². The van der Waals surface area contributed by atoms with Gasteiger partial charge in [0, 0.05) is 12.1 Å². The minimum atomic E-state index is -1.31. The number of piperidine rings is 1. The Labute approximate surface area is 165 Å². The van der Waals surface area contributed by atoms with E-state index < -0.39 is 22.2 Å². The molecule has 146 valence electrons. The Kier molecular flexibility index (Phi) is 7.96. The minimum Gasteiger partial charge on any atom is -0.374 e. The Bertz CT molecular complexity index is 424. The second kappa shape index (κ2) is 8.53. The molecular weight excluding hydrogens is 333 g/mol. The van der Waals surface area contributed by atoms with Crippen LogP contribution >= 0.6 is 0 Å². The van der Waals surface area contributed by atoms with Crippen molar-refractivity contribution < 1.29 is 0 Å². The fourth-order valence-electron chi connectivity index (χ4n) is 4.54. The van der Waals surface area contributed by atoms with E-state index in [4.69, 9.17) is 0 Å². The zero-order valence-electron chi connectivity index (χ0n) is 19.3. The highest BCUT2D eigenvalue weighted by molar-refractivity contribution is 6.98. The van der Waals surface area contributed by atoms with Crippen LogP contribution in [0.3, 0.4) is 0 Å². The fourth-order valence-corrected chi connectivity index (χ4v) is 14.5. The first-order valence-corrected chi connectivity index (χ1v) is 16.3. The van der Waals surface area contributed by atoms with Crippen molar-refractivity contribution in [2.45, 2.75) is 117 Å². The first-order chi connectivity index (χ1) is 11.1. The smallest absolute Gasteiger partial charge is 0.297 e. The first-order valence-electron chi connectivity index (χ1n) is 10.6. The van der Waals surface area contributed by atoms with Crippen molar-refractivity contribution in [3.05, 3.63) is 10.3 Å². The molecule has 1 nitrogen and oxygen atoms in total. The summed E-state index contributed by atoms with van der Waals surface area (Å²) in [5.74, 6) is 0. The molecule has 1 aliphatic rings. The van der Waals surface area contributed by atoms with Gasteiger partial charge in [-0.1, -0.05) is 71.7 Å². The normalized spacial score (nSPS) is 23.8. The highest BCUT2D eigenvalue weighted by atomic mass is 28.3. The second-order valence-corrected chi connectivity index (χ2v) is 20.6. The van der Waals surface area contributed by atoms with E-state index in [1.807, 2.05) is 4.06 Å². The van der Waals surface area contributed by atoms with E-state index in [0.29, 0.717) is 22.9 Å². The van der Waals surface area contributed by atoms with E-state index in [0.717, 1.165) is 0 Å². The molecule has 25 heavy (non-hydrogen) atoms. The summed E-state index contributed by atoms with van der Waals surface area (Å²) in [5.41, 5.74) is 0.889. The second-order valence-electron chi connectivity index (χ2n) is 12.1. The number of nitrogens with zero attached hydrogens (tertiary/aromatic N) is 1. The van der Waals surface area contributed by atoms with Crippen molar-refractivity contribution in [3.8, 4) is 0 Å². The lowest BCUT2D eigenvalue weighted by molar-refractivity contribution is 0.164. The first kappa shape index (κ1) is 23.3. The van der Waals surface area contributed by atoms with Crippen molar-refractivity contribution in [2.75, 3.05) is 0 Å². The average Bonchev–Trinajstić information content (AvgIpc) is 2.32. The Morgan fingerprint density at radius 3 is 1.64 bits per heavy atom. The van der Waals surface area contributed by atoms with Gasteiger partial charge in [-0.05, 0) is 50.1 Å². The lowest BCUT2D eigenvalue weighted by Gasteiger charge is -2.42. The lowest BCUT2D eigenvalue weighted by Crippen LogP contribution is -2.45. The van der Waals surface area contributed by atoms with Gasteiger partial charge in [0.15, 0.2) is 0 Å². The van der Waals surface area contributed by atoms with Crippen LogP contribution in [0.4, 0.5) is 0 Å². The van der Waals surface area contributed by atoms with Crippen molar-refractivity contribution in [2.24, 2.45) is 10.8 Å². The maximum Gasteiger partial charge on any atom is 0.297 e. The van der Waals surface area contributed by atoms with E-state index >= 15 is 0 Å². The SMILES string of the molecule is CC1CCCC(C)N1/C=[C](\[Al]([CH2]C(C)(C)C)[CH2]C(C)(C)C)[Si](C)(C)C. The molecule has 0 spiro atoms. The highest BCUT2D eigenvalue weighted by Gasteiger charge is 2.38. The fraction of sp³-hybridized carbons (Fsp3) is 0.909. The number of likely N-dealkylation sites (tertiary alicyclic amines) is 1. The molecule has 0 aliphatic carbocycles. The molecule has 2 unspecified atom stereocenters. The van der Waals surface area contributed by atoms with Crippen LogP contribution in [0.1, 0.15) is 74.7 Å². The molecule has 0 aromatic rings. The Balaban J connectivity index is 3.29. The molecule has 0 N–H and O–H groups in total. The molecule has 0 radical (unpaired) electrons. The molecule has 3 heteroatoms. The van der Waals surface area contributed by atoms with Crippen LogP contribution < -0.4 is 0 Å². The van der Waals surface area contributed by atoms with Crippen molar-refractivity contribution in [1.82, 2.24) is 4.90 Å². The van der Waals surface area contributed by atoms with Crippen molar-refractivity contribution in [3.63, 3.8) is 0 Å². The van der Waals surface area contributed by atoms with Gasteiger partial charge in [-0.3, -0.25) is 0 Å². The lowest BCUT2D eigenvalue weighted by atomic mass is 9.98. The van der Waals surface area contributed by atoms with Gasteiger partial charge in [-0.25, -0.2) is 0 Å². The van der Waals surface area contributed by atoms with Crippen molar-refractivity contribution in [1.29, 1.82) is 0 Å². The summed E-state index contributed by atoms with van der Waals surface area (Å²) in [4.78, 5) is 2.75. The predicted octanol–water partition coefficient (Wildman–Crippen LogP) is 7.14. The van der Waals surface area contributed by atoms with Crippen LogP contribution in [-0.4, -0.2) is 39.2 Å². The van der Waals surface area contributed by atoms with Crippen LogP contribution in [0.15, 0.2) is 10.3 Å². The standard InChI is InChI=1S/C12H24NSi.2C5H11.Al/c1-11-7-6-8-12(2)13(11)9-10-14(3,4)5;2*1-5(2,3)4;/h9,11-12H,6-8H2,1-5H3;2*1H2,2-4H3;. The number of hydrogen-bond acceptors (Lipinski definition) is 1. The van der Waals surface area contributed by atoms with Gasteiger partial charge in [0.25, 0.3) is 14.1 Å². The van der Waals surface area contributed by atoms with Gasteiger partial charge in [-0.15, -0.1) is 4.06 Å². The van der Waals surface area contributed by atoms with E-state index in [-0.39, 0.29) is 0 Å². The summed E-state index contributed by atoms with van der Waals surface area (Å²) in [6.45, 7) is 27.3. The Hall–Kier alpha value is 0.289. The molecule has 0 aromatic heterocycles. The van der Waals surface area contributed by atoms with Crippen LogP contribution in [-0.2, 0) is 0 Å². The number of rotatable bonds is 5. The average molecular weight is 380 g/mol. The van der Waals surface area contributed by atoms with Gasteiger partial charge in [-0.2, -0.15) is 0 Å². The molecule has 1 fully saturated rings. The molecule has 0 aromatic carbocycles. The van der Waals surface area contributed by atoms with E-state index in [1.165, 1.54) is 29.8 Å². The highest BCUT2D eigenvalue weighted by Crippen LogP contribution is 2.36. The zero-order chi connectivity index (χ0) is 19.6. The van der Waals surface area contributed by atoms with Crippen LogP contribution in [0.25, 0.3) is 0 Å². The van der Waals surface area contributed by atoms with Gasteiger partial charge in [0.05, 0.1) is 8.07 Å². The minimum absolute atomic E-state index is 0.444. The Morgan fingerprint density at radius 2 is 1.32 bits per heavy atom.